The molecule has 1 heterocycles. The number of methoxy groups -OCH3 is 1. The molecule has 1 aliphatic heterocycles. The van der Waals surface area contributed by atoms with Crippen LogP contribution in [0.15, 0.2) is 77.3 Å². The molecule has 0 aromatic heterocycles. The average molecular weight is 659 g/mol. The van der Waals surface area contributed by atoms with Gasteiger partial charge in [0.1, 0.15) is 17.3 Å². The van der Waals surface area contributed by atoms with E-state index in [9.17, 15) is 14.4 Å². The lowest BCUT2D eigenvalue weighted by Gasteiger charge is -2.45. The first-order valence-corrected chi connectivity index (χ1v) is 18.2. The highest BCUT2D eigenvalue weighted by Gasteiger charge is 2.50. The Morgan fingerprint density at radius 1 is 0.833 bits per heavy atom. The summed E-state index contributed by atoms with van der Waals surface area (Å²) in [6.45, 7) is 10.6. The Bertz CT molecular complexity index is 1340. The summed E-state index contributed by atoms with van der Waals surface area (Å²) in [4.78, 5) is 41.4. The van der Waals surface area contributed by atoms with Crippen molar-refractivity contribution in [1.29, 1.82) is 0 Å². The third-order valence-electron chi connectivity index (χ3n) is 9.90. The largest absolute Gasteiger partial charge is 0.465 e. The Labute approximate surface area is 289 Å². The summed E-state index contributed by atoms with van der Waals surface area (Å²) in [5, 5.41) is 0. The number of unbranched alkanes of at least 4 members (excludes halogenated alkanes) is 5. The van der Waals surface area contributed by atoms with E-state index in [1.807, 2.05) is 18.2 Å². The van der Waals surface area contributed by atoms with E-state index >= 15 is 0 Å². The maximum Gasteiger partial charge on any atom is 0.340 e. The smallest absolute Gasteiger partial charge is 0.340 e. The van der Waals surface area contributed by atoms with Crippen molar-refractivity contribution in [3.63, 3.8) is 0 Å². The lowest BCUT2D eigenvalue weighted by molar-refractivity contribution is -0.146. The van der Waals surface area contributed by atoms with Crippen LogP contribution in [0.5, 0.6) is 5.75 Å². The van der Waals surface area contributed by atoms with Gasteiger partial charge in [-0.05, 0) is 73.8 Å². The molecule has 2 aliphatic carbocycles. The van der Waals surface area contributed by atoms with Crippen LogP contribution in [-0.2, 0) is 23.9 Å². The Balaban J connectivity index is 1.58. The lowest BCUT2D eigenvalue weighted by atomic mass is 9.63. The zero-order chi connectivity index (χ0) is 34.7. The van der Waals surface area contributed by atoms with E-state index in [4.69, 9.17) is 14.2 Å². The molecule has 0 spiro atoms. The molecular formula is C42H58O6. The quantitative estimate of drug-likeness (QED) is 0.0717. The fourth-order valence-corrected chi connectivity index (χ4v) is 7.54. The summed E-state index contributed by atoms with van der Waals surface area (Å²) in [7, 11) is 1.53. The predicted octanol–water partition coefficient (Wildman–Crippen LogP) is 10.2. The van der Waals surface area contributed by atoms with Gasteiger partial charge in [-0.25, -0.2) is 4.79 Å². The molecule has 2 unspecified atom stereocenters. The molecule has 3 aliphatic rings. The van der Waals surface area contributed by atoms with Crippen molar-refractivity contribution < 1.29 is 28.6 Å². The van der Waals surface area contributed by atoms with Gasteiger partial charge in [-0.2, -0.15) is 0 Å². The molecule has 0 saturated carbocycles. The molecule has 0 bridgehead atoms. The molecule has 1 aromatic rings. The fraction of sp³-hybridized carbons (Fsp3) is 0.595. The summed E-state index contributed by atoms with van der Waals surface area (Å²) >= 11 is 0. The zero-order valence-electron chi connectivity index (χ0n) is 30.3. The Morgan fingerprint density at radius 2 is 1.40 bits per heavy atom. The first kappa shape index (κ1) is 37.6. The number of Topliss-reactive ketones (excluding diaryl/α,β-unsaturated/α-hetero) is 2. The number of allylic oxidation sites excluding steroid dienone is 8. The third-order valence-corrected chi connectivity index (χ3v) is 9.90. The minimum absolute atomic E-state index is 0.0481. The van der Waals surface area contributed by atoms with Crippen molar-refractivity contribution in [2.24, 2.45) is 22.7 Å². The molecule has 0 saturated heterocycles. The molecule has 4 rings (SSSR count). The Kier molecular flexibility index (Phi) is 13.6. The van der Waals surface area contributed by atoms with Crippen LogP contribution in [0.1, 0.15) is 125 Å². The van der Waals surface area contributed by atoms with Gasteiger partial charge in [0.15, 0.2) is 17.7 Å². The van der Waals surface area contributed by atoms with Crippen molar-refractivity contribution in [2.75, 3.05) is 7.11 Å². The monoisotopic (exact) mass is 658 g/mol. The van der Waals surface area contributed by atoms with Crippen molar-refractivity contribution in [3.8, 4) is 5.75 Å². The summed E-state index contributed by atoms with van der Waals surface area (Å²) in [5.41, 5.74) is 0.827. The molecule has 6 heteroatoms. The first-order valence-electron chi connectivity index (χ1n) is 18.2. The van der Waals surface area contributed by atoms with E-state index in [2.05, 4.69) is 58.9 Å². The first-order chi connectivity index (χ1) is 22.9. The number of rotatable bonds is 17. The van der Waals surface area contributed by atoms with Crippen LogP contribution in [0.25, 0.3) is 0 Å². The second kappa shape index (κ2) is 17.4. The van der Waals surface area contributed by atoms with Crippen LogP contribution in [0.2, 0.25) is 0 Å². The van der Waals surface area contributed by atoms with Crippen LogP contribution in [-0.4, -0.2) is 30.7 Å². The van der Waals surface area contributed by atoms with E-state index < -0.39 is 18.0 Å². The highest BCUT2D eigenvalue weighted by Crippen LogP contribution is 2.53. The van der Waals surface area contributed by atoms with Gasteiger partial charge in [0, 0.05) is 49.9 Å². The molecule has 6 nitrogen and oxygen atoms in total. The number of hydrogen-bond donors (Lipinski definition) is 0. The maximum absolute atomic E-state index is 14.0. The van der Waals surface area contributed by atoms with Gasteiger partial charge >= 0.3 is 5.97 Å². The Hall–Kier alpha value is -3.25. The second-order valence-corrected chi connectivity index (χ2v) is 15.5. The number of carbonyl (C=O) groups excluding carboxylic acids is 3. The van der Waals surface area contributed by atoms with Crippen molar-refractivity contribution in [2.45, 2.75) is 131 Å². The van der Waals surface area contributed by atoms with Gasteiger partial charge in [0.2, 0.25) is 0 Å². The molecule has 2 atom stereocenters. The molecule has 0 amide bonds. The summed E-state index contributed by atoms with van der Waals surface area (Å²) in [5.74, 6) is 0.901. The SMILES string of the molecule is CCCCC/C=C\C/C=C\CCCCC(CC(OC)C(=O)Oc1ccccc1)C1C2=C(CC(C)(C)CC2=O)OC2=C1C(=O)CC(C)(C)C2. The Morgan fingerprint density at radius 3 is 1.94 bits per heavy atom. The maximum atomic E-state index is 14.0. The van der Waals surface area contributed by atoms with Gasteiger partial charge in [0.25, 0.3) is 0 Å². The van der Waals surface area contributed by atoms with Crippen LogP contribution in [0, 0.1) is 22.7 Å². The number of esters is 1. The summed E-state index contributed by atoms with van der Waals surface area (Å²) in [6.07, 6.45) is 20.0. The third kappa shape index (κ3) is 10.4. The standard InChI is InChI=1S/C42H58O6/c1-7-8-9-10-11-12-13-14-15-16-17-19-22-30(25-34(46-6)40(45)47-31-23-20-18-21-24-31)37-38-32(43)26-41(2,3)28-35(38)48-36-29-42(4,5)27-33(44)39(36)37/h11-12,14-15,18,20-21,23-24,30,34,37H,7-10,13,16-17,19,22,25-29H2,1-6H3/b12-11-,15-14-. The summed E-state index contributed by atoms with van der Waals surface area (Å²) < 4.78 is 18.0. The van der Waals surface area contributed by atoms with Gasteiger partial charge in [-0.1, -0.05) is 96.4 Å². The number of para-hydroxylation sites is 1. The van der Waals surface area contributed by atoms with E-state index in [1.165, 1.54) is 26.4 Å². The average Bonchev–Trinajstić information content (AvgIpc) is 3.01. The number of benzene rings is 1. The summed E-state index contributed by atoms with van der Waals surface area (Å²) in [6, 6.07) is 9.00. The highest BCUT2D eigenvalue weighted by molar-refractivity contribution is 6.04. The van der Waals surface area contributed by atoms with E-state index in [-0.39, 0.29) is 28.3 Å². The van der Waals surface area contributed by atoms with Gasteiger partial charge in [0.05, 0.1) is 0 Å². The molecule has 0 fully saturated rings. The number of ether oxygens (including phenoxy) is 3. The highest BCUT2D eigenvalue weighted by atomic mass is 16.6. The topological polar surface area (TPSA) is 78.9 Å². The van der Waals surface area contributed by atoms with Gasteiger partial charge in [-0.3, -0.25) is 9.59 Å². The lowest BCUT2D eigenvalue weighted by Crippen LogP contribution is -2.42. The van der Waals surface area contributed by atoms with E-state index in [0.29, 0.717) is 60.5 Å². The fourth-order valence-electron chi connectivity index (χ4n) is 7.54. The molecule has 1 aromatic carbocycles. The molecule has 48 heavy (non-hydrogen) atoms. The molecule has 0 radical (unpaired) electrons. The van der Waals surface area contributed by atoms with Gasteiger partial charge in [-0.15, -0.1) is 0 Å². The van der Waals surface area contributed by atoms with Crippen molar-refractivity contribution >= 4 is 17.5 Å². The second-order valence-electron chi connectivity index (χ2n) is 15.5. The van der Waals surface area contributed by atoms with Crippen molar-refractivity contribution in [3.05, 3.63) is 77.3 Å². The van der Waals surface area contributed by atoms with Crippen LogP contribution < -0.4 is 4.74 Å². The van der Waals surface area contributed by atoms with Gasteiger partial charge < -0.3 is 14.2 Å². The molecule has 0 N–H and O–H groups in total. The van der Waals surface area contributed by atoms with Crippen LogP contribution in [0.3, 0.4) is 0 Å². The van der Waals surface area contributed by atoms with E-state index in [1.54, 1.807) is 12.1 Å². The molecule has 262 valence electrons. The number of hydrogen-bond acceptors (Lipinski definition) is 6. The van der Waals surface area contributed by atoms with Crippen LogP contribution in [0.4, 0.5) is 0 Å². The molecular weight excluding hydrogens is 600 g/mol. The van der Waals surface area contributed by atoms with Crippen LogP contribution >= 0.6 is 0 Å². The predicted molar refractivity (Wildman–Crippen MR) is 191 cm³/mol. The number of carbonyl (C=O) groups is 3. The zero-order valence-corrected chi connectivity index (χ0v) is 30.3. The number of ketones is 2. The normalized spacial score (nSPS) is 20.5. The minimum atomic E-state index is -0.847. The minimum Gasteiger partial charge on any atom is -0.465 e. The van der Waals surface area contributed by atoms with E-state index in [0.717, 1.165) is 38.5 Å². The van der Waals surface area contributed by atoms with Crippen molar-refractivity contribution in [1.82, 2.24) is 0 Å².